The molecule has 0 radical (unpaired) electrons. The quantitative estimate of drug-likeness (QED) is 0.461. The highest BCUT2D eigenvalue weighted by atomic mass is 32.2. The van der Waals surface area contributed by atoms with E-state index in [0.29, 0.717) is 0 Å². The van der Waals surface area contributed by atoms with Crippen molar-refractivity contribution in [1.82, 2.24) is 4.72 Å². The zero-order chi connectivity index (χ0) is 14.6. The summed E-state index contributed by atoms with van der Waals surface area (Å²) < 4.78 is 25.6. The van der Waals surface area contributed by atoms with Gasteiger partial charge >= 0.3 is 5.97 Å². The molecule has 1 aromatic rings. The van der Waals surface area contributed by atoms with Crippen molar-refractivity contribution in [1.29, 1.82) is 0 Å². The minimum Gasteiger partial charge on any atom is -0.480 e. The fourth-order valence-electron chi connectivity index (χ4n) is 1.20. The average Bonchev–Trinajstić information content (AvgIpc) is 2.35. The molecule has 0 amide bonds. The summed E-state index contributed by atoms with van der Waals surface area (Å²) in [6.07, 6.45) is 0. The van der Waals surface area contributed by atoms with Gasteiger partial charge in [-0.05, 0) is 6.07 Å². The van der Waals surface area contributed by atoms with Gasteiger partial charge in [-0.15, -0.1) is 0 Å². The summed E-state index contributed by atoms with van der Waals surface area (Å²) in [5, 5.41) is 19.2. The maximum atomic E-state index is 11.8. The molecule has 104 valence electrons. The smallest absolute Gasteiger partial charge is 0.321 e. The Morgan fingerprint density at radius 3 is 2.58 bits per heavy atom. The lowest BCUT2D eigenvalue weighted by Crippen LogP contribution is -2.42. The first-order valence-corrected chi connectivity index (χ1v) is 6.45. The molecule has 9 nitrogen and oxygen atoms in total. The third kappa shape index (κ3) is 3.71. The minimum absolute atomic E-state index is 0.544. The summed E-state index contributed by atoms with van der Waals surface area (Å²) in [7, 11) is -4.20. The number of carboxylic acids is 1. The Morgan fingerprint density at radius 2 is 2.05 bits per heavy atom. The predicted molar refractivity (Wildman–Crippen MR) is 63.9 cm³/mol. The summed E-state index contributed by atoms with van der Waals surface area (Å²) in [5.74, 6) is -1.38. The Bertz CT molecular complexity index is 600. The molecular formula is C9H11N3O6S. The molecule has 0 aromatic heterocycles. The number of carboxylic acid groups (broad SMARTS) is 1. The molecule has 0 fully saturated rings. The van der Waals surface area contributed by atoms with Gasteiger partial charge in [0.05, 0.1) is 4.92 Å². The fraction of sp³-hybridized carbons (Fsp3) is 0.222. The highest BCUT2D eigenvalue weighted by Gasteiger charge is 2.26. The van der Waals surface area contributed by atoms with E-state index in [9.17, 15) is 23.3 Å². The predicted octanol–water partition coefficient (Wildman–Crippen LogP) is -0.715. The van der Waals surface area contributed by atoms with Gasteiger partial charge in [-0.1, -0.05) is 12.1 Å². The monoisotopic (exact) mass is 289 g/mol. The van der Waals surface area contributed by atoms with Crippen LogP contribution in [0.4, 0.5) is 5.69 Å². The third-order valence-electron chi connectivity index (χ3n) is 2.16. The van der Waals surface area contributed by atoms with E-state index in [2.05, 4.69) is 0 Å². The van der Waals surface area contributed by atoms with Gasteiger partial charge in [0.1, 0.15) is 6.04 Å². The lowest BCUT2D eigenvalue weighted by Gasteiger charge is -2.09. The number of rotatable bonds is 6. The maximum absolute atomic E-state index is 11.8. The molecule has 19 heavy (non-hydrogen) atoms. The molecule has 0 aliphatic carbocycles. The van der Waals surface area contributed by atoms with E-state index >= 15 is 0 Å². The minimum atomic E-state index is -4.20. The van der Waals surface area contributed by atoms with Crippen molar-refractivity contribution in [3.8, 4) is 0 Å². The molecule has 4 N–H and O–H groups in total. The number of nitro benzene ring substituents is 1. The Morgan fingerprint density at radius 1 is 1.47 bits per heavy atom. The first-order chi connectivity index (χ1) is 8.75. The number of nitrogens with zero attached hydrogens (tertiary/aromatic N) is 1. The second kappa shape index (κ2) is 5.73. The third-order valence-corrected chi connectivity index (χ3v) is 3.63. The van der Waals surface area contributed by atoms with Crippen molar-refractivity contribution in [3.05, 3.63) is 34.4 Å². The molecule has 0 heterocycles. The zero-order valence-electron chi connectivity index (χ0n) is 9.52. The Hall–Kier alpha value is -2.04. The Balaban J connectivity index is 3.01. The van der Waals surface area contributed by atoms with Gasteiger partial charge in [0.15, 0.2) is 4.90 Å². The van der Waals surface area contributed by atoms with E-state index in [1.165, 1.54) is 12.1 Å². The van der Waals surface area contributed by atoms with Crippen LogP contribution < -0.4 is 10.5 Å². The van der Waals surface area contributed by atoms with E-state index in [1.807, 2.05) is 4.72 Å². The molecule has 1 aromatic carbocycles. The SMILES string of the molecule is NC(CNS(=O)(=O)c1ccccc1[N+](=O)[O-])C(=O)O. The van der Waals surface area contributed by atoms with Crippen LogP contribution in [0.25, 0.3) is 0 Å². The first-order valence-electron chi connectivity index (χ1n) is 4.97. The Labute approximate surface area is 108 Å². The summed E-state index contributed by atoms with van der Waals surface area (Å²) >= 11 is 0. The summed E-state index contributed by atoms with van der Waals surface area (Å²) in [6, 6.07) is 3.29. The van der Waals surface area contributed by atoms with Crippen molar-refractivity contribution < 1.29 is 23.2 Å². The molecule has 0 saturated heterocycles. The first kappa shape index (κ1) is 15.0. The van der Waals surface area contributed by atoms with Crippen LogP contribution in [0.5, 0.6) is 0 Å². The number of hydrogen-bond donors (Lipinski definition) is 3. The zero-order valence-corrected chi connectivity index (χ0v) is 10.3. The van der Waals surface area contributed by atoms with Crippen LogP contribution in [0.2, 0.25) is 0 Å². The number of nitrogens with one attached hydrogen (secondary N) is 1. The van der Waals surface area contributed by atoms with Gasteiger partial charge in [0, 0.05) is 12.6 Å². The van der Waals surface area contributed by atoms with Crippen LogP contribution in [-0.4, -0.2) is 37.0 Å². The van der Waals surface area contributed by atoms with Crippen LogP contribution in [0.3, 0.4) is 0 Å². The van der Waals surface area contributed by atoms with Crippen LogP contribution in [0, 0.1) is 10.1 Å². The van der Waals surface area contributed by atoms with Crippen molar-refractivity contribution in [2.75, 3.05) is 6.54 Å². The summed E-state index contributed by atoms with van der Waals surface area (Å²) in [5.41, 5.74) is 4.54. The second-order valence-corrected chi connectivity index (χ2v) is 5.26. The molecule has 0 bridgehead atoms. The standard InChI is InChI=1S/C9H11N3O6S/c10-6(9(13)14)5-11-19(17,18)8-4-2-1-3-7(8)12(15)16/h1-4,6,11H,5,10H2,(H,13,14). The molecule has 10 heteroatoms. The number of hydrogen-bond acceptors (Lipinski definition) is 6. The Kier molecular flexibility index (Phi) is 4.53. The van der Waals surface area contributed by atoms with Crippen LogP contribution in [-0.2, 0) is 14.8 Å². The lowest BCUT2D eigenvalue weighted by atomic mass is 10.3. The molecule has 0 aliphatic rings. The highest BCUT2D eigenvalue weighted by molar-refractivity contribution is 7.89. The summed E-state index contributed by atoms with van der Waals surface area (Å²) in [4.78, 5) is 19.8. The van der Waals surface area contributed by atoms with Crippen molar-refractivity contribution in [3.63, 3.8) is 0 Å². The topological polar surface area (TPSA) is 153 Å². The highest BCUT2D eigenvalue weighted by Crippen LogP contribution is 2.22. The number of carbonyl (C=O) groups is 1. The lowest BCUT2D eigenvalue weighted by molar-refractivity contribution is -0.387. The number of sulfonamides is 1. The van der Waals surface area contributed by atoms with E-state index in [0.717, 1.165) is 12.1 Å². The molecule has 0 saturated carbocycles. The van der Waals surface area contributed by atoms with Gasteiger partial charge in [-0.25, -0.2) is 13.1 Å². The van der Waals surface area contributed by atoms with Crippen molar-refractivity contribution in [2.24, 2.45) is 5.73 Å². The van der Waals surface area contributed by atoms with Crippen molar-refractivity contribution in [2.45, 2.75) is 10.9 Å². The van der Waals surface area contributed by atoms with Crippen LogP contribution in [0.1, 0.15) is 0 Å². The van der Waals surface area contributed by atoms with E-state index in [1.54, 1.807) is 0 Å². The number of benzene rings is 1. The van der Waals surface area contributed by atoms with E-state index in [-0.39, 0.29) is 0 Å². The van der Waals surface area contributed by atoms with Gasteiger partial charge in [0.25, 0.3) is 5.69 Å². The van der Waals surface area contributed by atoms with Gasteiger partial charge in [0.2, 0.25) is 10.0 Å². The number of aliphatic carboxylic acids is 1. The maximum Gasteiger partial charge on any atom is 0.321 e. The van der Waals surface area contributed by atoms with Crippen LogP contribution in [0.15, 0.2) is 29.2 Å². The van der Waals surface area contributed by atoms with E-state index < -0.39 is 44.1 Å². The normalized spacial score (nSPS) is 12.9. The fourth-order valence-corrected chi connectivity index (χ4v) is 2.43. The molecule has 1 unspecified atom stereocenters. The largest absolute Gasteiger partial charge is 0.480 e. The molecular weight excluding hydrogens is 278 g/mol. The number of nitrogens with two attached hydrogens (primary N) is 1. The summed E-state index contributed by atoms with van der Waals surface area (Å²) in [6.45, 7) is -0.566. The van der Waals surface area contributed by atoms with Gasteiger partial charge in [-0.3, -0.25) is 14.9 Å². The molecule has 1 atom stereocenters. The van der Waals surface area contributed by atoms with Crippen LogP contribution >= 0.6 is 0 Å². The average molecular weight is 289 g/mol. The van der Waals surface area contributed by atoms with Gasteiger partial charge in [-0.2, -0.15) is 0 Å². The van der Waals surface area contributed by atoms with E-state index in [4.69, 9.17) is 10.8 Å². The molecule has 1 rings (SSSR count). The second-order valence-electron chi connectivity index (χ2n) is 3.52. The van der Waals surface area contributed by atoms with Crippen molar-refractivity contribution >= 4 is 21.7 Å². The van der Waals surface area contributed by atoms with Gasteiger partial charge < -0.3 is 10.8 Å². The molecule has 0 spiro atoms. The number of para-hydroxylation sites is 1. The number of nitro groups is 1. The molecule has 0 aliphatic heterocycles.